The molecule has 0 amide bonds. The zero-order valence-electron chi connectivity index (χ0n) is 14.9. The van der Waals surface area contributed by atoms with Gasteiger partial charge in [-0.05, 0) is 0 Å². The Hall–Kier alpha value is -0.712. The van der Waals surface area contributed by atoms with Gasteiger partial charge in [0.25, 0.3) is 0 Å². The van der Waals surface area contributed by atoms with Crippen molar-refractivity contribution in [3.8, 4) is 11.1 Å². The fourth-order valence-corrected chi connectivity index (χ4v) is 5.70. The molecule has 0 saturated carbocycles. The zero-order valence-corrected chi connectivity index (χ0v) is 17.5. The predicted octanol–water partition coefficient (Wildman–Crippen LogP) is 6.21. The standard InChI is InChI=1S/C21H25AsCl/c1-20(2,3)13-7-9-15-16-10-8-14(21(4,5)6)12-18(16)19(22-23)17(15)11-13/h7-12,19H,1-6H3. The van der Waals surface area contributed by atoms with Gasteiger partial charge in [-0.2, -0.15) is 0 Å². The van der Waals surface area contributed by atoms with Crippen LogP contribution in [0.3, 0.4) is 0 Å². The van der Waals surface area contributed by atoms with Crippen LogP contribution in [0.2, 0.25) is 0 Å². The molecule has 121 valence electrons. The fraction of sp³-hybridized carbons (Fsp3) is 0.429. The quantitative estimate of drug-likeness (QED) is 0.510. The summed E-state index contributed by atoms with van der Waals surface area (Å²) in [5.41, 5.74) is 8.79. The van der Waals surface area contributed by atoms with Gasteiger partial charge >= 0.3 is 152 Å². The third kappa shape index (κ3) is 3.01. The second kappa shape index (κ2) is 5.68. The molecule has 2 aromatic carbocycles. The molecule has 0 heterocycles. The summed E-state index contributed by atoms with van der Waals surface area (Å²) >= 11 is -0.247. The van der Waals surface area contributed by atoms with Crippen LogP contribution in [0.15, 0.2) is 36.4 Å². The number of fused-ring (bicyclic) bond motifs is 3. The van der Waals surface area contributed by atoms with Crippen molar-refractivity contribution in [2.75, 3.05) is 0 Å². The first-order chi connectivity index (χ1) is 10.6. The number of hydrogen-bond donors (Lipinski definition) is 0. The van der Waals surface area contributed by atoms with Crippen LogP contribution in [-0.2, 0) is 10.8 Å². The van der Waals surface area contributed by atoms with Gasteiger partial charge in [-0.15, -0.1) is 0 Å². The average Bonchev–Trinajstić information content (AvgIpc) is 2.77. The minimum atomic E-state index is -0.247. The van der Waals surface area contributed by atoms with Crippen LogP contribution < -0.4 is 0 Å². The van der Waals surface area contributed by atoms with Crippen molar-refractivity contribution in [3.05, 3.63) is 58.7 Å². The molecule has 0 fully saturated rings. The van der Waals surface area contributed by atoms with Crippen molar-refractivity contribution in [2.45, 2.75) is 57.1 Å². The predicted molar refractivity (Wildman–Crippen MR) is 103 cm³/mol. The summed E-state index contributed by atoms with van der Waals surface area (Å²) in [6.45, 7) is 13.7. The number of benzene rings is 2. The molecule has 0 atom stereocenters. The first kappa shape index (κ1) is 17.1. The third-order valence-electron chi connectivity index (χ3n) is 4.81. The molecule has 0 bridgehead atoms. The number of halogens is 1. The van der Waals surface area contributed by atoms with Gasteiger partial charge in [-0.3, -0.25) is 0 Å². The van der Waals surface area contributed by atoms with Crippen LogP contribution in [0.5, 0.6) is 0 Å². The summed E-state index contributed by atoms with van der Waals surface area (Å²) in [7, 11) is 6.49. The van der Waals surface area contributed by atoms with Gasteiger partial charge in [0.15, 0.2) is 0 Å². The Morgan fingerprint density at radius 1 is 0.739 bits per heavy atom. The van der Waals surface area contributed by atoms with E-state index in [0.29, 0.717) is 4.71 Å². The van der Waals surface area contributed by atoms with E-state index in [1.807, 2.05) is 0 Å². The second-order valence-electron chi connectivity index (χ2n) is 8.60. The molecule has 1 aliphatic carbocycles. The van der Waals surface area contributed by atoms with E-state index in [1.54, 1.807) is 0 Å². The topological polar surface area (TPSA) is 0 Å². The van der Waals surface area contributed by atoms with Gasteiger partial charge < -0.3 is 0 Å². The summed E-state index contributed by atoms with van der Waals surface area (Å²) in [5.74, 6) is 0. The summed E-state index contributed by atoms with van der Waals surface area (Å²) in [6.07, 6.45) is 0. The first-order valence-electron chi connectivity index (χ1n) is 8.23. The van der Waals surface area contributed by atoms with E-state index in [0.717, 1.165) is 0 Å². The van der Waals surface area contributed by atoms with Crippen LogP contribution in [0, 0.1) is 0 Å². The average molecular weight is 388 g/mol. The molecule has 0 nitrogen and oxygen atoms in total. The molecular weight excluding hydrogens is 363 g/mol. The summed E-state index contributed by atoms with van der Waals surface area (Å²) in [5, 5.41) is 0. The molecule has 1 radical (unpaired) electrons. The van der Waals surface area contributed by atoms with E-state index in [1.165, 1.54) is 33.4 Å². The van der Waals surface area contributed by atoms with E-state index in [2.05, 4.69) is 77.9 Å². The molecule has 0 aliphatic heterocycles. The Kier molecular flexibility index (Phi) is 4.23. The minimum absolute atomic E-state index is 0.174. The van der Waals surface area contributed by atoms with Gasteiger partial charge in [0.2, 0.25) is 0 Å². The Labute approximate surface area is 151 Å². The molecule has 23 heavy (non-hydrogen) atoms. The molecule has 0 N–H and O–H groups in total. The Morgan fingerprint density at radius 2 is 1.13 bits per heavy atom. The second-order valence-corrected chi connectivity index (χ2v) is 11.1. The van der Waals surface area contributed by atoms with Gasteiger partial charge in [0.05, 0.1) is 0 Å². The number of rotatable bonds is 1. The monoisotopic (exact) mass is 387 g/mol. The van der Waals surface area contributed by atoms with Crippen LogP contribution in [0.1, 0.15) is 68.5 Å². The first-order valence-corrected chi connectivity index (χ1v) is 11.8. The van der Waals surface area contributed by atoms with Gasteiger partial charge in [-0.25, -0.2) is 0 Å². The Morgan fingerprint density at radius 3 is 1.43 bits per heavy atom. The summed E-state index contributed by atoms with van der Waals surface area (Å²) < 4.78 is 0.405. The van der Waals surface area contributed by atoms with Crippen LogP contribution in [0.4, 0.5) is 0 Å². The maximum absolute atomic E-state index is 6.49. The maximum atomic E-state index is 6.49. The van der Waals surface area contributed by atoms with Crippen molar-refractivity contribution in [3.63, 3.8) is 0 Å². The molecule has 2 heteroatoms. The Bertz CT molecular complexity index is 684. The van der Waals surface area contributed by atoms with Crippen LogP contribution in [0.25, 0.3) is 11.1 Å². The van der Waals surface area contributed by atoms with Crippen molar-refractivity contribution in [1.82, 2.24) is 0 Å². The number of hydrogen-bond acceptors (Lipinski definition) is 0. The van der Waals surface area contributed by atoms with E-state index in [4.69, 9.17) is 9.95 Å². The third-order valence-corrected chi connectivity index (χ3v) is 7.40. The van der Waals surface area contributed by atoms with Crippen molar-refractivity contribution in [1.29, 1.82) is 0 Å². The molecular formula is C21H25AsCl. The van der Waals surface area contributed by atoms with Gasteiger partial charge in [0, 0.05) is 0 Å². The molecule has 0 unspecified atom stereocenters. The Balaban J connectivity index is 2.17. The zero-order chi connectivity index (χ0) is 17.0. The van der Waals surface area contributed by atoms with Crippen LogP contribution >= 0.6 is 9.95 Å². The molecule has 0 spiro atoms. The van der Waals surface area contributed by atoms with Crippen LogP contribution in [-0.4, -0.2) is 14.8 Å². The molecule has 0 aromatic heterocycles. The summed E-state index contributed by atoms with van der Waals surface area (Å²) in [4.78, 5) is 0. The summed E-state index contributed by atoms with van der Waals surface area (Å²) in [6, 6.07) is 14.0. The van der Waals surface area contributed by atoms with Gasteiger partial charge in [0.1, 0.15) is 0 Å². The molecule has 2 aromatic rings. The van der Waals surface area contributed by atoms with E-state index in [9.17, 15) is 0 Å². The SMILES string of the molecule is CC(C)(C)c1ccc2c(c1)C([As]Cl)c1cc(C(C)(C)C)ccc1-2. The van der Waals surface area contributed by atoms with E-state index in [-0.39, 0.29) is 25.6 Å². The van der Waals surface area contributed by atoms with Crippen molar-refractivity contribution in [2.24, 2.45) is 0 Å². The normalized spacial score (nSPS) is 15.3. The molecule has 1 aliphatic rings. The van der Waals surface area contributed by atoms with E-state index < -0.39 is 0 Å². The van der Waals surface area contributed by atoms with Crippen molar-refractivity contribution >= 4 is 24.8 Å². The van der Waals surface area contributed by atoms with E-state index >= 15 is 0 Å². The molecule has 3 rings (SSSR count). The molecule has 0 saturated heterocycles. The fourth-order valence-electron chi connectivity index (χ4n) is 3.27. The van der Waals surface area contributed by atoms with Crippen molar-refractivity contribution < 1.29 is 0 Å². The van der Waals surface area contributed by atoms with Gasteiger partial charge in [-0.1, -0.05) is 0 Å².